The van der Waals surface area contributed by atoms with E-state index in [1.807, 2.05) is 30.3 Å². The highest BCUT2D eigenvalue weighted by molar-refractivity contribution is 6.38. The number of benzene rings is 3. The SMILES string of the molecule is O=C(N[C@H](CN1CCCC1)[C@H](O)c1ccc2c(c1)OCCO2)[C@H]1CCN(c2ccc3cc(F)ccc3c2Cl)C1. The van der Waals surface area contributed by atoms with Gasteiger partial charge in [-0.1, -0.05) is 23.7 Å². The Labute approximate surface area is 232 Å². The normalized spacial score (nSPS) is 20.8. The van der Waals surface area contributed by atoms with Gasteiger partial charge in [-0.25, -0.2) is 4.39 Å². The van der Waals surface area contributed by atoms with Gasteiger partial charge in [-0.05, 0) is 79.7 Å². The highest BCUT2D eigenvalue weighted by atomic mass is 35.5. The van der Waals surface area contributed by atoms with E-state index in [9.17, 15) is 14.3 Å². The van der Waals surface area contributed by atoms with Crippen LogP contribution in [-0.4, -0.2) is 67.9 Å². The average Bonchev–Trinajstić information content (AvgIpc) is 3.65. The summed E-state index contributed by atoms with van der Waals surface area (Å²) in [6.45, 7) is 4.68. The molecule has 39 heavy (non-hydrogen) atoms. The first-order chi connectivity index (χ1) is 19.0. The van der Waals surface area contributed by atoms with Crippen LogP contribution in [0.4, 0.5) is 10.1 Å². The zero-order valence-electron chi connectivity index (χ0n) is 21.7. The predicted molar refractivity (Wildman–Crippen MR) is 149 cm³/mol. The number of anilines is 1. The van der Waals surface area contributed by atoms with Crippen molar-refractivity contribution in [3.8, 4) is 11.5 Å². The first-order valence-electron chi connectivity index (χ1n) is 13.7. The first kappa shape index (κ1) is 26.2. The van der Waals surface area contributed by atoms with Crippen molar-refractivity contribution >= 4 is 34.0 Å². The van der Waals surface area contributed by atoms with Crippen molar-refractivity contribution in [1.29, 1.82) is 0 Å². The van der Waals surface area contributed by atoms with Crippen LogP contribution in [0.1, 0.15) is 30.9 Å². The molecule has 0 unspecified atom stereocenters. The van der Waals surface area contributed by atoms with Gasteiger partial charge < -0.3 is 29.7 Å². The van der Waals surface area contributed by atoms with Gasteiger partial charge in [-0.3, -0.25) is 4.79 Å². The fourth-order valence-electron chi connectivity index (χ4n) is 5.93. The summed E-state index contributed by atoms with van der Waals surface area (Å²) < 4.78 is 25.0. The highest BCUT2D eigenvalue weighted by Crippen LogP contribution is 2.37. The van der Waals surface area contributed by atoms with E-state index in [0.717, 1.165) is 42.4 Å². The van der Waals surface area contributed by atoms with Crippen molar-refractivity contribution in [2.75, 3.05) is 50.8 Å². The van der Waals surface area contributed by atoms with Crippen LogP contribution in [0.5, 0.6) is 11.5 Å². The molecule has 0 spiro atoms. The standard InChI is InChI=1S/C30H33ClFN3O4/c31-28-23-6-5-22(32)15-19(23)3-7-25(28)35-12-9-21(17-35)30(37)33-24(18-34-10-1-2-11-34)29(36)20-4-8-26-27(16-20)39-14-13-38-26/h3-8,15-16,21,24,29,36H,1-2,9-14,17-18H2,(H,33,37)/t21-,24+,29+/m0/s1. The second kappa shape index (κ2) is 11.2. The number of halogens is 2. The maximum Gasteiger partial charge on any atom is 0.225 e. The lowest BCUT2D eigenvalue weighted by molar-refractivity contribution is -0.126. The number of rotatable bonds is 7. The molecule has 3 aliphatic rings. The number of carbonyl (C=O) groups excluding carboxylic acids is 1. The van der Waals surface area contributed by atoms with Gasteiger partial charge in [-0.15, -0.1) is 0 Å². The second-order valence-corrected chi connectivity index (χ2v) is 11.0. The Hall–Kier alpha value is -3.07. The number of ether oxygens (including phenoxy) is 2. The number of nitrogens with zero attached hydrogens (tertiary/aromatic N) is 2. The van der Waals surface area contributed by atoms with Crippen molar-refractivity contribution in [3.05, 3.63) is 64.9 Å². The second-order valence-electron chi connectivity index (χ2n) is 10.7. The largest absolute Gasteiger partial charge is 0.486 e. The molecule has 206 valence electrons. The van der Waals surface area contributed by atoms with Gasteiger partial charge in [-0.2, -0.15) is 0 Å². The van der Waals surface area contributed by atoms with Crippen LogP contribution in [0.15, 0.2) is 48.5 Å². The van der Waals surface area contributed by atoms with Crippen LogP contribution >= 0.6 is 11.6 Å². The van der Waals surface area contributed by atoms with E-state index in [1.54, 1.807) is 6.07 Å². The van der Waals surface area contributed by atoms with Gasteiger partial charge in [0.1, 0.15) is 25.1 Å². The Morgan fingerprint density at radius 1 is 1.05 bits per heavy atom. The van der Waals surface area contributed by atoms with Crippen molar-refractivity contribution in [1.82, 2.24) is 10.2 Å². The number of likely N-dealkylation sites (tertiary alicyclic amines) is 1. The van der Waals surface area contributed by atoms with Crippen LogP contribution in [0.3, 0.4) is 0 Å². The number of nitrogens with one attached hydrogen (secondary N) is 1. The van der Waals surface area contributed by atoms with Crippen LogP contribution < -0.4 is 19.7 Å². The molecular weight excluding hydrogens is 521 g/mol. The Kier molecular flexibility index (Phi) is 7.51. The van der Waals surface area contributed by atoms with Crippen molar-refractivity contribution in [2.24, 2.45) is 5.92 Å². The van der Waals surface area contributed by atoms with Gasteiger partial charge in [0.05, 0.1) is 22.7 Å². The van der Waals surface area contributed by atoms with Gasteiger partial charge in [0.15, 0.2) is 11.5 Å². The molecule has 3 aromatic rings. The minimum absolute atomic E-state index is 0.0720. The minimum Gasteiger partial charge on any atom is -0.486 e. The lowest BCUT2D eigenvalue weighted by Gasteiger charge is -2.30. The Balaban J connectivity index is 1.17. The minimum atomic E-state index is -0.891. The monoisotopic (exact) mass is 553 g/mol. The van der Waals surface area contributed by atoms with Crippen LogP contribution in [0, 0.1) is 11.7 Å². The van der Waals surface area contributed by atoms with Gasteiger partial charge in [0.25, 0.3) is 0 Å². The quantitative estimate of drug-likeness (QED) is 0.447. The molecule has 9 heteroatoms. The number of hydrogen-bond donors (Lipinski definition) is 2. The molecular formula is C30H33ClFN3O4. The van der Waals surface area contributed by atoms with Crippen molar-refractivity contribution in [2.45, 2.75) is 31.4 Å². The molecule has 0 bridgehead atoms. The summed E-state index contributed by atoms with van der Waals surface area (Å²) in [7, 11) is 0. The number of fused-ring (bicyclic) bond motifs is 2. The van der Waals surface area contributed by atoms with Gasteiger partial charge in [0, 0.05) is 25.0 Å². The van der Waals surface area contributed by atoms with E-state index in [2.05, 4.69) is 15.1 Å². The maximum absolute atomic E-state index is 13.7. The first-order valence-corrected chi connectivity index (χ1v) is 14.1. The number of aliphatic hydroxyl groups is 1. The summed E-state index contributed by atoms with van der Waals surface area (Å²) in [4.78, 5) is 17.9. The fraction of sp³-hybridized carbons (Fsp3) is 0.433. The van der Waals surface area contributed by atoms with E-state index >= 15 is 0 Å². The van der Waals surface area contributed by atoms with Crippen molar-refractivity contribution < 1.29 is 23.8 Å². The summed E-state index contributed by atoms with van der Waals surface area (Å²) in [5.41, 5.74) is 1.53. The highest BCUT2D eigenvalue weighted by Gasteiger charge is 2.34. The molecule has 7 nitrogen and oxygen atoms in total. The van der Waals surface area contributed by atoms with E-state index in [-0.39, 0.29) is 17.6 Å². The summed E-state index contributed by atoms with van der Waals surface area (Å²) in [5.74, 6) is 0.674. The number of amides is 1. The molecule has 1 amide bonds. The van der Waals surface area contributed by atoms with E-state index < -0.39 is 12.1 Å². The Morgan fingerprint density at radius 3 is 2.67 bits per heavy atom. The fourth-order valence-corrected chi connectivity index (χ4v) is 6.29. The maximum atomic E-state index is 13.7. The lowest BCUT2D eigenvalue weighted by Crippen LogP contribution is -2.48. The zero-order valence-corrected chi connectivity index (χ0v) is 22.5. The molecule has 0 radical (unpaired) electrons. The van der Waals surface area contributed by atoms with Crippen molar-refractivity contribution in [3.63, 3.8) is 0 Å². The van der Waals surface area contributed by atoms with Crippen LogP contribution in [0.25, 0.3) is 10.8 Å². The molecule has 0 aromatic heterocycles. The average molecular weight is 554 g/mol. The number of hydrogen-bond acceptors (Lipinski definition) is 6. The lowest BCUT2D eigenvalue weighted by atomic mass is 9.99. The molecule has 3 aromatic carbocycles. The molecule has 6 rings (SSSR count). The molecule has 3 heterocycles. The topological polar surface area (TPSA) is 74.3 Å². The molecule has 2 fully saturated rings. The van der Waals surface area contributed by atoms with E-state index in [0.29, 0.717) is 61.4 Å². The Bertz CT molecular complexity index is 1370. The molecule has 3 atom stereocenters. The third-order valence-corrected chi connectivity index (χ3v) is 8.46. The van der Waals surface area contributed by atoms with Gasteiger partial charge in [0.2, 0.25) is 5.91 Å². The van der Waals surface area contributed by atoms with E-state index in [1.165, 1.54) is 12.1 Å². The van der Waals surface area contributed by atoms with E-state index in [4.69, 9.17) is 21.1 Å². The molecule has 0 saturated carbocycles. The molecule has 0 aliphatic carbocycles. The third kappa shape index (κ3) is 5.51. The third-order valence-electron chi connectivity index (χ3n) is 8.07. The number of aliphatic hydroxyl groups excluding tert-OH is 1. The Morgan fingerprint density at radius 2 is 1.85 bits per heavy atom. The summed E-state index contributed by atoms with van der Waals surface area (Å²) >= 11 is 6.72. The smallest absolute Gasteiger partial charge is 0.225 e. The number of carbonyl (C=O) groups is 1. The molecule has 2 N–H and O–H groups in total. The summed E-state index contributed by atoms with van der Waals surface area (Å²) in [6, 6.07) is 13.3. The zero-order chi connectivity index (χ0) is 26.9. The summed E-state index contributed by atoms with van der Waals surface area (Å²) in [5, 5.41) is 16.7. The molecule has 2 saturated heterocycles. The molecule has 3 aliphatic heterocycles. The van der Waals surface area contributed by atoms with Gasteiger partial charge >= 0.3 is 0 Å². The van der Waals surface area contributed by atoms with Crippen LogP contribution in [0.2, 0.25) is 5.02 Å². The predicted octanol–water partition coefficient (Wildman–Crippen LogP) is 4.54. The van der Waals surface area contributed by atoms with Crippen LogP contribution in [-0.2, 0) is 4.79 Å². The summed E-state index contributed by atoms with van der Waals surface area (Å²) in [6.07, 6.45) is 2.04.